The number of benzene rings is 1. The maximum atomic E-state index is 13.0. The van der Waals surface area contributed by atoms with Crippen LogP contribution in [0.3, 0.4) is 0 Å². The molecule has 31 heavy (non-hydrogen) atoms. The van der Waals surface area contributed by atoms with Crippen molar-refractivity contribution in [1.82, 2.24) is 9.97 Å². The molecule has 1 saturated heterocycles. The number of aromatic amines is 1. The van der Waals surface area contributed by atoms with Crippen molar-refractivity contribution in [3.63, 3.8) is 0 Å². The molecule has 10 heteroatoms. The van der Waals surface area contributed by atoms with Crippen LogP contribution in [-0.2, 0) is 9.59 Å². The number of carbonyl (C=O) groups is 2. The molecule has 3 aliphatic heterocycles. The summed E-state index contributed by atoms with van der Waals surface area (Å²) in [6.45, 7) is 2.99. The maximum absolute atomic E-state index is 13.0. The zero-order valence-electron chi connectivity index (χ0n) is 17.1. The Bertz CT molecular complexity index is 1110. The van der Waals surface area contributed by atoms with E-state index in [0.29, 0.717) is 23.1 Å². The zero-order valence-corrected chi connectivity index (χ0v) is 17.1. The number of fused-ring (bicyclic) bond motifs is 2. The number of hydrogen-bond donors (Lipinski definition) is 3. The van der Waals surface area contributed by atoms with Gasteiger partial charge in [-0.1, -0.05) is 0 Å². The first-order valence-electron chi connectivity index (χ1n) is 10.4. The van der Waals surface area contributed by atoms with Crippen LogP contribution in [0.2, 0.25) is 0 Å². The molecule has 1 fully saturated rings. The fourth-order valence-corrected chi connectivity index (χ4v) is 4.34. The lowest BCUT2D eigenvalue weighted by Crippen LogP contribution is -2.41. The topological polar surface area (TPSA) is 126 Å². The Morgan fingerprint density at radius 1 is 1.23 bits per heavy atom. The van der Waals surface area contributed by atoms with E-state index in [4.69, 9.17) is 9.47 Å². The Balaban J connectivity index is 1.44. The summed E-state index contributed by atoms with van der Waals surface area (Å²) in [7, 11) is 0. The minimum absolute atomic E-state index is 0.127. The van der Waals surface area contributed by atoms with Crippen LogP contribution in [0.15, 0.2) is 23.0 Å². The second-order valence-corrected chi connectivity index (χ2v) is 8.05. The van der Waals surface area contributed by atoms with Crippen LogP contribution in [0.1, 0.15) is 44.1 Å². The van der Waals surface area contributed by atoms with Gasteiger partial charge in [0.2, 0.25) is 24.6 Å². The van der Waals surface area contributed by atoms with Gasteiger partial charge < -0.3 is 25.0 Å². The van der Waals surface area contributed by atoms with Gasteiger partial charge in [-0.2, -0.15) is 4.98 Å². The first kappa shape index (κ1) is 19.4. The third-order valence-electron chi connectivity index (χ3n) is 5.97. The number of amides is 2. The van der Waals surface area contributed by atoms with Crippen LogP contribution in [0, 0.1) is 0 Å². The number of ether oxygens (including phenoxy) is 2. The Morgan fingerprint density at radius 2 is 2.06 bits per heavy atom. The van der Waals surface area contributed by atoms with Crippen LogP contribution in [0.25, 0.3) is 0 Å². The average Bonchev–Trinajstić information content (AvgIpc) is 3.21. The summed E-state index contributed by atoms with van der Waals surface area (Å²) in [5.74, 6) is -0.0553. The van der Waals surface area contributed by atoms with E-state index in [0.717, 1.165) is 25.8 Å². The van der Waals surface area contributed by atoms with Gasteiger partial charge in [-0.15, -0.1) is 0 Å². The highest BCUT2D eigenvalue weighted by Gasteiger charge is 2.35. The lowest BCUT2D eigenvalue weighted by atomic mass is 9.92. The third-order valence-corrected chi connectivity index (χ3v) is 5.97. The Morgan fingerprint density at radius 3 is 2.90 bits per heavy atom. The molecule has 0 saturated carbocycles. The number of H-pyrrole nitrogens is 1. The molecule has 1 aromatic carbocycles. The van der Waals surface area contributed by atoms with Gasteiger partial charge in [0.25, 0.3) is 5.56 Å². The van der Waals surface area contributed by atoms with Crippen molar-refractivity contribution in [3.05, 3.63) is 34.1 Å². The molecule has 162 valence electrons. The molecule has 10 nitrogen and oxygen atoms in total. The van der Waals surface area contributed by atoms with E-state index in [9.17, 15) is 14.4 Å². The summed E-state index contributed by atoms with van der Waals surface area (Å²) in [6.07, 6.45) is 3.02. The average molecular weight is 425 g/mol. The van der Waals surface area contributed by atoms with Crippen molar-refractivity contribution < 1.29 is 19.1 Å². The van der Waals surface area contributed by atoms with E-state index in [1.165, 1.54) is 0 Å². The van der Waals surface area contributed by atoms with E-state index in [2.05, 4.69) is 27.5 Å². The summed E-state index contributed by atoms with van der Waals surface area (Å²) >= 11 is 0. The largest absolute Gasteiger partial charge is 0.454 e. The zero-order chi connectivity index (χ0) is 21.5. The highest BCUT2D eigenvalue weighted by atomic mass is 16.7. The second-order valence-electron chi connectivity index (χ2n) is 8.05. The number of hydrogen-bond acceptors (Lipinski definition) is 7. The number of anilines is 3. The highest BCUT2D eigenvalue weighted by Crippen LogP contribution is 2.35. The summed E-state index contributed by atoms with van der Waals surface area (Å²) < 4.78 is 10.6. The molecule has 2 amide bonds. The van der Waals surface area contributed by atoms with Gasteiger partial charge in [-0.3, -0.25) is 19.4 Å². The fraction of sp³-hybridized carbons (Fsp3) is 0.429. The van der Waals surface area contributed by atoms with Gasteiger partial charge in [0, 0.05) is 30.8 Å². The monoisotopic (exact) mass is 425 g/mol. The standard InChI is InChI=1S/C21H23N5O5/c1-11-4-2-3-7-26(11)21-24-18-17(20(29)25-21)13(9-16(27)23-18)19(28)22-12-5-6-14-15(8-12)31-10-30-14/h5-6,8,11,13H,2-4,7,9-10H2,1H3,(H,22,28)(H2,23,24,25,27,29). The maximum Gasteiger partial charge on any atom is 0.258 e. The van der Waals surface area contributed by atoms with Crippen LogP contribution < -0.4 is 30.6 Å². The third kappa shape index (κ3) is 3.58. The lowest BCUT2D eigenvalue weighted by molar-refractivity contribution is -0.123. The van der Waals surface area contributed by atoms with E-state index < -0.39 is 17.4 Å². The first-order valence-corrected chi connectivity index (χ1v) is 10.4. The van der Waals surface area contributed by atoms with Crippen LogP contribution in [-0.4, -0.2) is 41.2 Å². The van der Waals surface area contributed by atoms with Gasteiger partial charge in [0.15, 0.2) is 11.5 Å². The summed E-state index contributed by atoms with van der Waals surface area (Å²) in [5, 5.41) is 5.43. The number of rotatable bonds is 3. The molecule has 3 N–H and O–H groups in total. The lowest BCUT2D eigenvalue weighted by Gasteiger charge is -2.34. The van der Waals surface area contributed by atoms with E-state index >= 15 is 0 Å². The van der Waals surface area contributed by atoms with Crippen LogP contribution >= 0.6 is 0 Å². The number of piperidine rings is 1. The van der Waals surface area contributed by atoms with Crippen LogP contribution in [0.4, 0.5) is 17.5 Å². The smallest absolute Gasteiger partial charge is 0.258 e. The van der Waals surface area contributed by atoms with Gasteiger partial charge in [-0.25, -0.2) is 0 Å². The van der Waals surface area contributed by atoms with Crippen molar-refractivity contribution in [1.29, 1.82) is 0 Å². The molecule has 0 bridgehead atoms. The minimum atomic E-state index is -0.946. The quantitative estimate of drug-likeness (QED) is 0.686. The molecule has 3 aliphatic rings. The number of carbonyl (C=O) groups excluding carboxylic acids is 2. The molecular weight excluding hydrogens is 402 g/mol. The minimum Gasteiger partial charge on any atom is -0.454 e. The molecule has 1 aromatic heterocycles. The van der Waals surface area contributed by atoms with Crippen molar-refractivity contribution in [2.75, 3.05) is 28.9 Å². The molecule has 0 aliphatic carbocycles. The SMILES string of the molecule is CC1CCCCN1c1nc2c(c(=O)[nH]1)C(C(=O)Nc1ccc3c(c1)OCO3)CC(=O)N2. The summed E-state index contributed by atoms with van der Waals surface area (Å²) in [6, 6.07) is 5.26. The van der Waals surface area contributed by atoms with Crippen molar-refractivity contribution in [2.24, 2.45) is 0 Å². The number of nitrogens with one attached hydrogen (secondary N) is 3. The van der Waals surface area contributed by atoms with E-state index in [1.54, 1.807) is 18.2 Å². The van der Waals surface area contributed by atoms with Crippen molar-refractivity contribution >= 4 is 29.3 Å². The van der Waals surface area contributed by atoms with Crippen molar-refractivity contribution in [3.8, 4) is 11.5 Å². The molecule has 2 aromatic rings. The van der Waals surface area contributed by atoms with E-state index in [1.807, 2.05) is 4.90 Å². The molecule has 0 spiro atoms. The summed E-state index contributed by atoms with van der Waals surface area (Å²) in [4.78, 5) is 47.7. The van der Waals surface area contributed by atoms with Gasteiger partial charge >= 0.3 is 0 Å². The van der Waals surface area contributed by atoms with Gasteiger partial charge in [0.05, 0.1) is 11.5 Å². The predicted octanol–water partition coefficient (Wildman–Crippen LogP) is 1.94. The fourth-order valence-electron chi connectivity index (χ4n) is 4.34. The highest BCUT2D eigenvalue weighted by molar-refractivity contribution is 6.04. The molecule has 4 heterocycles. The first-order chi connectivity index (χ1) is 15.0. The van der Waals surface area contributed by atoms with Crippen molar-refractivity contribution in [2.45, 2.75) is 44.6 Å². The van der Waals surface area contributed by atoms with E-state index in [-0.39, 0.29) is 36.5 Å². The van der Waals surface area contributed by atoms with Gasteiger partial charge in [0.1, 0.15) is 5.82 Å². The normalized spacial score (nSPS) is 22.0. The Kier molecular flexibility index (Phi) is 4.76. The molecular formula is C21H23N5O5. The second kappa shape index (κ2) is 7.60. The summed E-state index contributed by atoms with van der Waals surface area (Å²) in [5.41, 5.74) is 0.250. The molecule has 0 radical (unpaired) electrons. The molecule has 2 atom stereocenters. The Labute approximate surface area is 177 Å². The van der Waals surface area contributed by atoms with Gasteiger partial charge in [-0.05, 0) is 38.3 Å². The number of nitrogens with zero attached hydrogens (tertiary/aromatic N) is 2. The molecule has 2 unspecified atom stereocenters. The van der Waals surface area contributed by atoms with Crippen LogP contribution in [0.5, 0.6) is 11.5 Å². The molecule has 5 rings (SSSR count). The number of aromatic nitrogens is 2. The Hall–Kier alpha value is -3.56. The predicted molar refractivity (Wildman–Crippen MR) is 113 cm³/mol.